The third kappa shape index (κ3) is 3.66. The second-order valence-electron chi connectivity index (χ2n) is 4.31. The van der Waals surface area contributed by atoms with Crippen LogP contribution in [-0.2, 0) is 0 Å². The molecule has 2 aromatic carbocycles. The zero-order valence-electron chi connectivity index (χ0n) is 11.2. The van der Waals surface area contributed by atoms with Crippen LogP contribution in [0.5, 0.6) is 11.5 Å². The number of rotatable bonds is 4. The van der Waals surface area contributed by atoms with Gasteiger partial charge in [-0.25, -0.2) is 0 Å². The minimum atomic E-state index is -4.77. The molecule has 0 aliphatic heterocycles. The molecular formula is C15H14F3NO2. The van der Waals surface area contributed by atoms with Gasteiger partial charge in [-0.3, -0.25) is 0 Å². The molecule has 0 amide bonds. The van der Waals surface area contributed by atoms with Gasteiger partial charge in [0.1, 0.15) is 11.5 Å². The summed E-state index contributed by atoms with van der Waals surface area (Å²) in [6.07, 6.45) is -4.77. The van der Waals surface area contributed by atoms with E-state index in [4.69, 9.17) is 10.5 Å². The Morgan fingerprint density at radius 3 is 1.90 bits per heavy atom. The van der Waals surface area contributed by atoms with Gasteiger partial charge in [-0.2, -0.15) is 0 Å². The molecule has 2 rings (SSSR count). The first-order chi connectivity index (χ1) is 9.92. The van der Waals surface area contributed by atoms with Crippen molar-refractivity contribution in [2.75, 3.05) is 7.11 Å². The molecule has 0 heterocycles. The summed E-state index contributed by atoms with van der Waals surface area (Å²) in [5.74, 6) is 0.190. The maximum atomic E-state index is 12.4. The molecule has 0 saturated carbocycles. The summed E-state index contributed by atoms with van der Waals surface area (Å²) in [5, 5.41) is 0. The largest absolute Gasteiger partial charge is 0.573 e. The third-order valence-electron chi connectivity index (χ3n) is 2.95. The van der Waals surface area contributed by atoms with E-state index in [1.54, 1.807) is 30.3 Å². The number of hydrogen-bond acceptors (Lipinski definition) is 3. The van der Waals surface area contributed by atoms with Crippen molar-refractivity contribution in [3.05, 3.63) is 59.7 Å². The van der Waals surface area contributed by atoms with Crippen molar-refractivity contribution in [1.29, 1.82) is 0 Å². The average Bonchev–Trinajstić information content (AvgIpc) is 2.45. The number of nitrogens with two attached hydrogens (primary N) is 1. The quantitative estimate of drug-likeness (QED) is 0.937. The maximum absolute atomic E-state index is 12.4. The normalized spacial score (nSPS) is 12.8. The summed E-state index contributed by atoms with van der Waals surface area (Å²) in [5.41, 5.74) is 6.90. The molecule has 0 bridgehead atoms. The molecule has 0 aliphatic rings. The topological polar surface area (TPSA) is 44.5 Å². The first-order valence-electron chi connectivity index (χ1n) is 6.15. The first kappa shape index (κ1) is 15.2. The zero-order chi connectivity index (χ0) is 15.5. The fourth-order valence-electron chi connectivity index (χ4n) is 2.05. The maximum Gasteiger partial charge on any atom is 0.573 e. The lowest BCUT2D eigenvalue weighted by atomic mass is 9.98. The number of ether oxygens (including phenoxy) is 2. The minimum Gasteiger partial charge on any atom is -0.496 e. The standard InChI is InChI=1S/C15H14F3NO2/c1-20-12-8-4-2-6-10(12)14(19)11-7-3-5-9-13(11)21-15(16,17)18/h2-9,14H,19H2,1H3. The highest BCUT2D eigenvalue weighted by atomic mass is 19.4. The second-order valence-corrected chi connectivity index (χ2v) is 4.31. The van der Waals surface area contributed by atoms with Crippen LogP contribution in [0.1, 0.15) is 17.2 Å². The fraction of sp³-hybridized carbons (Fsp3) is 0.200. The number of alkyl halides is 3. The fourth-order valence-corrected chi connectivity index (χ4v) is 2.05. The van der Waals surface area contributed by atoms with Crippen LogP contribution < -0.4 is 15.2 Å². The lowest BCUT2D eigenvalue weighted by molar-refractivity contribution is -0.274. The van der Waals surface area contributed by atoms with E-state index in [1.165, 1.54) is 25.3 Å². The van der Waals surface area contributed by atoms with E-state index >= 15 is 0 Å². The molecule has 1 unspecified atom stereocenters. The molecule has 3 nitrogen and oxygen atoms in total. The van der Waals surface area contributed by atoms with Gasteiger partial charge in [0.05, 0.1) is 13.2 Å². The van der Waals surface area contributed by atoms with E-state index in [0.717, 1.165) is 0 Å². The van der Waals surface area contributed by atoms with E-state index in [2.05, 4.69) is 4.74 Å². The van der Waals surface area contributed by atoms with Crippen LogP contribution >= 0.6 is 0 Å². The van der Waals surface area contributed by atoms with Crippen LogP contribution in [0.25, 0.3) is 0 Å². The van der Waals surface area contributed by atoms with Crippen molar-refractivity contribution in [2.45, 2.75) is 12.4 Å². The summed E-state index contributed by atoms with van der Waals surface area (Å²) in [6, 6.07) is 11.9. The molecule has 0 fully saturated rings. The van der Waals surface area contributed by atoms with Crippen molar-refractivity contribution in [1.82, 2.24) is 0 Å². The molecule has 1 atom stereocenters. The molecule has 0 spiro atoms. The first-order valence-corrected chi connectivity index (χ1v) is 6.15. The van der Waals surface area contributed by atoms with Crippen molar-refractivity contribution < 1.29 is 22.6 Å². The van der Waals surface area contributed by atoms with E-state index in [0.29, 0.717) is 11.3 Å². The van der Waals surface area contributed by atoms with Gasteiger partial charge in [0.2, 0.25) is 0 Å². The third-order valence-corrected chi connectivity index (χ3v) is 2.95. The predicted molar refractivity (Wildman–Crippen MR) is 72.1 cm³/mol. The van der Waals surface area contributed by atoms with Crippen molar-refractivity contribution in [3.63, 3.8) is 0 Å². The molecule has 0 aromatic heterocycles. The van der Waals surface area contributed by atoms with E-state index in [1.807, 2.05) is 0 Å². The monoisotopic (exact) mass is 297 g/mol. The Labute approximate surface area is 120 Å². The molecule has 21 heavy (non-hydrogen) atoms. The van der Waals surface area contributed by atoms with Crippen LogP contribution in [-0.4, -0.2) is 13.5 Å². The highest BCUT2D eigenvalue weighted by Crippen LogP contribution is 2.35. The molecule has 6 heteroatoms. The second kappa shape index (κ2) is 6.05. The van der Waals surface area contributed by atoms with Crippen LogP contribution in [0.2, 0.25) is 0 Å². The van der Waals surface area contributed by atoms with Gasteiger partial charge in [0.25, 0.3) is 0 Å². The Bertz CT molecular complexity index is 614. The number of para-hydroxylation sites is 2. The SMILES string of the molecule is COc1ccccc1C(N)c1ccccc1OC(F)(F)F. The minimum absolute atomic E-state index is 0.235. The van der Waals surface area contributed by atoms with Gasteiger partial charge >= 0.3 is 6.36 Å². The Morgan fingerprint density at radius 1 is 0.905 bits per heavy atom. The van der Waals surface area contributed by atoms with Gasteiger partial charge < -0.3 is 15.2 Å². The molecule has 0 aliphatic carbocycles. The van der Waals surface area contributed by atoms with Gasteiger partial charge in [0, 0.05) is 11.1 Å². The van der Waals surface area contributed by atoms with Crippen LogP contribution in [0.3, 0.4) is 0 Å². The summed E-state index contributed by atoms with van der Waals surface area (Å²) >= 11 is 0. The average molecular weight is 297 g/mol. The Morgan fingerprint density at radius 2 is 1.38 bits per heavy atom. The summed E-state index contributed by atoms with van der Waals surface area (Å²) in [4.78, 5) is 0. The molecule has 2 N–H and O–H groups in total. The van der Waals surface area contributed by atoms with Crippen molar-refractivity contribution >= 4 is 0 Å². The molecule has 0 radical (unpaired) electrons. The number of halogens is 3. The van der Waals surface area contributed by atoms with Crippen LogP contribution in [0.15, 0.2) is 48.5 Å². The van der Waals surface area contributed by atoms with Crippen LogP contribution in [0, 0.1) is 0 Å². The van der Waals surface area contributed by atoms with Crippen molar-refractivity contribution in [3.8, 4) is 11.5 Å². The Balaban J connectivity index is 2.42. The summed E-state index contributed by atoms with van der Waals surface area (Å²) in [6.45, 7) is 0. The molecule has 0 saturated heterocycles. The van der Waals surface area contributed by atoms with Gasteiger partial charge in [-0.1, -0.05) is 36.4 Å². The smallest absolute Gasteiger partial charge is 0.496 e. The van der Waals surface area contributed by atoms with Crippen molar-refractivity contribution in [2.24, 2.45) is 5.73 Å². The highest BCUT2D eigenvalue weighted by Gasteiger charge is 2.33. The Kier molecular flexibility index (Phi) is 4.37. The number of hydrogen-bond donors (Lipinski definition) is 1. The highest BCUT2D eigenvalue weighted by molar-refractivity contribution is 5.46. The number of benzene rings is 2. The lowest BCUT2D eigenvalue weighted by Gasteiger charge is -2.19. The zero-order valence-corrected chi connectivity index (χ0v) is 11.2. The lowest BCUT2D eigenvalue weighted by Crippen LogP contribution is -2.21. The van der Waals surface area contributed by atoms with Gasteiger partial charge in [-0.15, -0.1) is 13.2 Å². The molecular weight excluding hydrogens is 283 g/mol. The van der Waals surface area contributed by atoms with Crippen LogP contribution in [0.4, 0.5) is 13.2 Å². The van der Waals surface area contributed by atoms with E-state index in [9.17, 15) is 13.2 Å². The predicted octanol–water partition coefficient (Wildman–Crippen LogP) is 3.64. The van der Waals surface area contributed by atoms with E-state index in [-0.39, 0.29) is 11.3 Å². The van der Waals surface area contributed by atoms with Gasteiger partial charge in [0.15, 0.2) is 0 Å². The van der Waals surface area contributed by atoms with Gasteiger partial charge in [-0.05, 0) is 12.1 Å². The van der Waals surface area contributed by atoms with E-state index < -0.39 is 12.4 Å². The summed E-state index contributed by atoms with van der Waals surface area (Å²) in [7, 11) is 1.48. The molecule has 112 valence electrons. The number of methoxy groups -OCH3 is 1. The Hall–Kier alpha value is -2.21. The summed E-state index contributed by atoms with van der Waals surface area (Å²) < 4.78 is 46.5. The molecule has 2 aromatic rings.